The van der Waals surface area contributed by atoms with Gasteiger partial charge >= 0.3 is 5.97 Å². The number of anilines is 2. The molecule has 0 heterocycles. The number of nitrogens with two attached hydrogens (primary N) is 1. The highest BCUT2D eigenvalue weighted by Crippen LogP contribution is 2.17. The fourth-order valence-corrected chi connectivity index (χ4v) is 1.34. The van der Waals surface area contributed by atoms with Crippen LogP contribution >= 0.6 is 0 Å². The number of nitrogens with one attached hydrogen (secondary N) is 1. The van der Waals surface area contributed by atoms with Crippen molar-refractivity contribution in [3.63, 3.8) is 0 Å². The van der Waals surface area contributed by atoms with E-state index in [2.05, 4.69) is 5.32 Å². The molecule has 0 bridgehead atoms. The molecule has 17 heavy (non-hydrogen) atoms. The Morgan fingerprint density at radius 3 is 3.00 bits per heavy atom. The normalized spacial score (nSPS) is 9.41. The van der Waals surface area contributed by atoms with Crippen LogP contribution in [0.4, 0.5) is 11.4 Å². The van der Waals surface area contributed by atoms with E-state index in [9.17, 15) is 4.79 Å². The van der Waals surface area contributed by atoms with Gasteiger partial charge in [0.25, 0.3) is 0 Å². The molecule has 90 valence electrons. The smallest absolute Gasteiger partial charge is 0.307 e. The maximum absolute atomic E-state index is 11.1. The van der Waals surface area contributed by atoms with Crippen LogP contribution in [-0.2, 0) is 9.53 Å². The molecule has 3 N–H and O–H groups in total. The van der Waals surface area contributed by atoms with Gasteiger partial charge in [-0.05, 0) is 25.1 Å². The molecule has 0 atom stereocenters. The second kappa shape index (κ2) is 6.38. The predicted octanol–water partition coefficient (Wildman–Crippen LogP) is 1.51. The minimum atomic E-state index is -0.256. The first kappa shape index (κ1) is 12.8. The number of nitrogens with zero attached hydrogens (tertiary/aromatic N) is 1. The molecule has 0 radical (unpaired) electrons. The van der Waals surface area contributed by atoms with Crippen LogP contribution in [0, 0.1) is 11.3 Å². The van der Waals surface area contributed by atoms with E-state index in [0.717, 1.165) is 0 Å². The van der Waals surface area contributed by atoms with Crippen molar-refractivity contribution < 1.29 is 9.53 Å². The summed E-state index contributed by atoms with van der Waals surface area (Å²) in [5.41, 5.74) is 7.24. The fraction of sp³-hybridized carbons (Fsp3) is 0.333. The number of ether oxygens (including phenoxy) is 1. The number of nitriles is 1. The van der Waals surface area contributed by atoms with Crippen molar-refractivity contribution in [3.05, 3.63) is 23.8 Å². The molecule has 1 aromatic carbocycles. The molecule has 0 spiro atoms. The molecule has 0 aliphatic carbocycles. The number of esters is 1. The highest BCUT2D eigenvalue weighted by Gasteiger charge is 2.04. The van der Waals surface area contributed by atoms with Gasteiger partial charge < -0.3 is 15.8 Å². The minimum absolute atomic E-state index is 0.256. The van der Waals surface area contributed by atoms with Gasteiger partial charge in [-0.15, -0.1) is 0 Å². The van der Waals surface area contributed by atoms with Crippen LogP contribution in [0.2, 0.25) is 0 Å². The van der Waals surface area contributed by atoms with Crippen LogP contribution in [0.3, 0.4) is 0 Å². The number of benzene rings is 1. The third-order valence-electron chi connectivity index (χ3n) is 2.11. The molecule has 1 rings (SSSR count). The molecule has 0 amide bonds. The number of nitrogen functional groups attached to an aromatic ring is 1. The van der Waals surface area contributed by atoms with E-state index in [-0.39, 0.29) is 12.4 Å². The van der Waals surface area contributed by atoms with Crippen LogP contribution in [-0.4, -0.2) is 19.1 Å². The molecule has 5 heteroatoms. The van der Waals surface area contributed by atoms with Crippen LogP contribution in [0.25, 0.3) is 0 Å². The number of carbonyl (C=O) groups excluding carboxylic acids is 1. The van der Waals surface area contributed by atoms with Gasteiger partial charge in [0.05, 0.1) is 24.3 Å². The predicted molar refractivity (Wildman–Crippen MR) is 65.3 cm³/mol. The van der Waals surface area contributed by atoms with Gasteiger partial charge in [-0.1, -0.05) is 0 Å². The fourth-order valence-electron chi connectivity index (χ4n) is 1.34. The second-order valence-corrected chi connectivity index (χ2v) is 3.40. The molecule has 0 unspecified atom stereocenters. The summed E-state index contributed by atoms with van der Waals surface area (Å²) in [5, 5.41) is 11.9. The lowest BCUT2D eigenvalue weighted by Gasteiger charge is -2.08. The van der Waals surface area contributed by atoms with E-state index in [1.165, 1.54) is 0 Å². The number of hydrogen-bond donors (Lipinski definition) is 2. The monoisotopic (exact) mass is 233 g/mol. The van der Waals surface area contributed by atoms with Gasteiger partial charge in [0.1, 0.15) is 6.07 Å². The summed E-state index contributed by atoms with van der Waals surface area (Å²) < 4.78 is 4.79. The molecule has 0 aliphatic rings. The van der Waals surface area contributed by atoms with Crippen LogP contribution in [0.15, 0.2) is 18.2 Å². The molecule has 1 aromatic rings. The molecule has 5 nitrogen and oxygen atoms in total. The van der Waals surface area contributed by atoms with Crippen molar-refractivity contribution in [2.75, 3.05) is 24.2 Å². The summed E-state index contributed by atoms with van der Waals surface area (Å²) in [7, 11) is 0. The first-order chi connectivity index (χ1) is 8.17. The zero-order chi connectivity index (χ0) is 12.7. The highest BCUT2D eigenvalue weighted by molar-refractivity contribution is 5.70. The van der Waals surface area contributed by atoms with E-state index < -0.39 is 0 Å². The Balaban J connectivity index is 2.52. The molecular formula is C12H15N3O2. The third kappa shape index (κ3) is 4.03. The Morgan fingerprint density at radius 1 is 1.59 bits per heavy atom. The van der Waals surface area contributed by atoms with E-state index in [4.69, 9.17) is 15.7 Å². The molecule has 0 fully saturated rings. The number of hydrogen-bond acceptors (Lipinski definition) is 5. The van der Waals surface area contributed by atoms with Crippen LogP contribution < -0.4 is 11.1 Å². The van der Waals surface area contributed by atoms with Gasteiger partial charge in [-0.2, -0.15) is 5.26 Å². The maximum atomic E-state index is 11.1. The van der Waals surface area contributed by atoms with Gasteiger partial charge in [-0.3, -0.25) is 4.79 Å². The average Bonchev–Trinajstić information content (AvgIpc) is 2.31. The molecular weight excluding hydrogens is 218 g/mol. The number of carbonyl (C=O) groups is 1. The third-order valence-corrected chi connectivity index (χ3v) is 2.11. The topological polar surface area (TPSA) is 88.1 Å². The van der Waals surface area contributed by atoms with Crippen molar-refractivity contribution >= 4 is 17.3 Å². The lowest BCUT2D eigenvalue weighted by Crippen LogP contribution is -2.12. The summed E-state index contributed by atoms with van der Waals surface area (Å²) in [6.07, 6.45) is 0.267. The first-order valence-corrected chi connectivity index (χ1v) is 5.36. The maximum Gasteiger partial charge on any atom is 0.307 e. The quantitative estimate of drug-likeness (QED) is 0.594. The molecule has 0 saturated carbocycles. The van der Waals surface area contributed by atoms with E-state index in [0.29, 0.717) is 30.1 Å². The van der Waals surface area contributed by atoms with E-state index >= 15 is 0 Å². The summed E-state index contributed by atoms with van der Waals surface area (Å²) >= 11 is 0. The Bertz CT molecular complexity index is 438. The Labute approximate surface area is 100 Å². The van der Waals surface area contributed by atoms with Crippen LogP contribution in [0.5, 0.6) is 0 Å². The van der Waals surface area contributed by atoms with Crippen LogP contribution in [0.1, 0.15) is 18.9 Å². The standard InChI is InChI=1S/C12H15N3O2/c1-2-17-12(16)5-6-15-11-4-3-10(14)7-9(11)8-13/h3-4,7,15H,2,5-6,14H2,1H3. The zero-order valence-corrected chi connectivity index (χ0v) is 9.69. The summed E-state index contributed by atoms with van der Waals surface area (Å²) in [6, 6.07) is 7.05. The zero-order valence-electron chi connectivity index (χ0n) is 9.69. The van der Waals surface area contributed by atoms with Crippen molar-refractivity contribution in [3.8, 4) is 6.07 Å². The lowest BCUT2D eigenvalue weighted by molar-refractivity contribution is -0.142. The SMILES string of the molecule is CCOC(=O)CCNc1ccc(N)cc1C#N. The van der Waals surface area contributed by atoms with Crippen molar-refractivity contribution in [2.45, 2.75) is 13.3 Å². The van der Waals surface area contributed by atoms with E-state index in [1.54, 1.807) is 25.1 Å². The minimum Gasteiger partial charge on any atom is -0.466 e. The van der Waals surface area contributed by atoms with Gasteiger partial charge in [-0.25, -0.2) is 0 Å². The Kier molecular flexibility index (Phi) is 4.82. The lowest BCUT2D eigenvalue weighted by atomic mass is 10.1. The largest absolute Gasteiger partial charge is 0.466 e. The van der Waals surface area contributed by atoms with Gasteiger partial charge in [0.15, 0.2) is 0 Å². The van der Waals surface area contributed by atoms with Crippen molar-refractivity contribution in [1.29, 1.82) is 5.26 Å². The van der Waals surface area contributed by atoms with Gasteiger partial charge in [0, 0.05) is 12.2 Å². The second-order valence-electron chi connectivity index (χ2n) is 3.40. The highest BCUT2D eigenvalue weighted by atomic mass is 16.5. The molecule has 0 aliphatic heterocycles. The van der Waals surface area contributed by atoms with Gasteiger partial charge in [0.2, 0.25) is 0 Å². The average molecular weight is 233 g/mol. The summed E-state index contributed by atoms with van der Waals surface area (Å²) in [5.74, 6) is -0.256. The first-order valence-electron chi connectivity index (χ1n) is 5.36. The molecule has 0 aromatic heterocycles. The Hall–Kier alpha value is -2.22. The van der Waals surface area contributed by atoms with E-state index in [1.807, 2.05) is 6.07 Å². The Morgan fingerprint density at radius 2 is 2.35 bits per heavy atom. The molecule has 0 saturated heterocycles. The van der Waals surface area contributed by atoms with Crippen molar-refractivity contribution in [2.24, 2.45) is 0 Å². The summed E-state index contributed by atoms with van der Waals surface area (Å²) in [4.78, 5) is 11.1. The number of rotatable bonds is 5. The summed E-state index contributed by atoms with van der Waals surface area (Å²) in [6.45, 7) is 2.57. The van der Waals surface area contributed by atoms with Crippen molar-refractivity contribution in [1.82, 2.24) is 0 Å².